The zero-order chi connectivity index (χ0) is 11.4. The van der Waals surface area contributed by atoms with Gasteiger partial charge in [0.15, 0.2) is 0 Å². The number of carbonyl (C=O) groups excluding carboxylic acids is 1. The molecular weight excluding hydrogens is 232 g/mol. The van der Waals surface area contributed by atoms with Gasteiger partial charge < -0.3 is 0 Å². The molecular formula is C13H12OSSi. The van der Waals surface area contributed by atoms with E-state index in [0.717, 1.165) is 20.5 Å². The first-order valence-electron chi connectivity index (χ1n) is 5.05. The van der Waals surface area contributed by atoms with Gasteiger partial charge in [-0.3, -0.25) is 4.79 Å². The van der Waals surface area contributed by atoms with Gasteiger partial charge in [-0.25, -0.2) is 0 Å². The Bertz CT molecular complexity index is 479. The predicted octanol–water partition coefficient (Wildman–Crippen LogP) is 2.51. The molecule has 2 rings (SSSR count). The quantitative estimate of drug-likeness (QED) is 0.755. The lowest BCUT2D eigenvalue weighted by Crippen LogP contribution is -1.91. The topological polar surface area (TPSA) is 17.1 Å². The molecule has 0 heterocycles. The van der Waals surface area contributed by atoms with Gasteiger partial charge in [-0.1, -0.05) is 42.5 Å². The van der Waals surface area contributed by atoms with Crippen molar-refractivity contribution in [2.75, 3.05) is 0 Å². The third-order valence-corrected chi connectivity index (χ3v) is 4.13. The van der Waals surface area contributed by atoms with E-state index < -0.39 is 0 Å². The Morgan fingerprint density at radius 1 is 0.875 bits per heavy atom. The van der Waals surface area contributed by atoms with Crippen molar-refractivity contribution in [2.24, 2.45) is 0 Å². The first kappa shape index (κ1) is 11.2. The molecule has 0 aliphatic heterocycles. The molecule has 3 heteroatoms. The van der Waals surface area contributed by atoms with E-state index in [4.69, 9.17) is 0 Å². The van der Waals surface area contributed by atoms with Crippen LogP contribution in [0, 0.1) is 0 Å². The van der Waals surface area contributed by atoms with Crippen LogP contribution in [0.3, 0.4) is 0 Å². The molecule has 0 radical (unpaired) electrons. The Morgan fingerprint density at radius 3 is 2.00 bits per heavy atom. The van der Waals surface area contributed by atoms with Crippen molar-refractivity contribution in [3.8, 4) is 11.1 Å². The molecule has 0 spiro atoms. The molecule has 80 valence electrons. The van der Waals surface area contributed by atoms with Crippen LogP contribution in [0.1, 0.15) is 10.4 Å². The average molecular weight is 244 g/mol. The molecule has 2 aromatic rings. The van der Waals surface area contributed by atoms with Gasteiger partial charge in [-0.05, 0) is 23.3 Å². The highest BCUT2D eigenvalue weighted by molar-refractivity contribution is 8.31. The zero-order valence-corrected chi connectivity index (χ0v) is 11.8. The Labute approximate surface area is 102 Å². The SMILES string of the molecule is O=C(S[SiH3])c1ccc(-c2ccccc2)cc1. The fraction of sp³-hybridized carbons (Fsp3) is 0. The summed E-state index contributed by atoms with van der Waals surface area (Å²) in [5, 5.41) is 0.172. The maximum atomic E-state index is 11.5. The minimum Gasteiger partial charge on any atom is -0.282 e. The molecule has 0 unspecified atom stereocenters. The van der Waals surface area contributed by atoms with E-state index in [1.807, 2.05) is 42.5 Å². The predicted molar refractivity (Wildman–Crippen MR) is 73.7 cm³/mol. The van der Waals surface area contributed by atoms with Gasteiger partial charge in [0.05, 0.1) is 9.39 Å². The summed E-state index contributed by atoms with van der Waals surface area (Å²) in [4.78, 5) is 11.5. The molecule has 0 fully saturated rings. The van der Waals surface area contributed by atoms with E-state index in [9.17, 15) is 4.79 Å². The maximum Gasteiger partial charge on any atom is 0.212 e. The van der Waals surface area contributed by atoms with Crippen molar-refractivity contribution in [1.29, 1.82) is 0 Å². The van der Waals surface area contributed by atoms with Crippen LogP contribution in [0.15, 0.2) is 54.6 Å². The molecule has 0 saturated carbocycles. The summed E-state index contributed by atoms with van der Waals surface area (Å²) in [6, 6.07) is 18.0. The van der Waals surface area contributed by atoms with Gasteiger partial charge in [0.1, 0.15) is 0 Å². The maximum absolute atomic E-state index is 11.5. The fourth-order valence-electron chi connectivity index (χ4n) is 1.55. The van der Waals surface area contributed by atoms with Crippen molar-refractivity contribution >= 4 is 25.7 Å². The van der Waals surface area contributed by atoms with Crippen LogP contribution in [0.2, 0.25) is 0 Å². The zero-order valence-electron chi connectivity index (χ0n) is 9.01. The molecule has 0 bridgehead atoms. The third-order valence-electron chi connectivity index (χ3n) is 2.41. The molecule has 0 amide bonds. The summed E-state index contributed by atoms with van der Waals surface area (Å²) >= 11 is 1.38. The van der Waals surface area contributed by atoms with E-state index in [1.54, 1.807) is 0 Å². The summed E-state index contributed by atoms with van der Waals surface area (Å²) in [5.74, 6) is 0. The summed E-state index contributed by atoms with van der Waals surface area (Å²) in [5.41, 5.74) is 3.12. The van der Waals surface area contributed by atoms with Crippen molar-refractivity contribution in [1.82, 2.24) is 0 Å². The number of carbonyl (C=O) groups is 1. The van der Waals surface area contributed by atoms with E-state index in [0.29, 0.717) is 0 Å². The Hall–Kier alpha value is -1.32. The summed E-state index contributed by atoms with van der Waals surface area (Å²) in [7, 11) is 0.849. The molecule has 0 saturated heterocycles. The van der Waals surface area contributed by atoms with Crippen LogP contribution >= 0.6 is 11.2 Å². The molecule has 1 nitrogen and oxygen atoms in total. The van der Waals surface area contributed by atoms with Crippen LogP contribution in [0.5, 0.6) is 0 Å². The molecule has 16 heavy (non-hydrogen) atoms. The highest BCUT2D eigenvalue weighted by Crippen LogP contribution is 2.20. The summed E-state index contributed by atoms with van der Waals surface area (Å²) in [6.45, 7) is 0. The smallest absolute Gasteiger partial charge is 0.212 e. The van der Waals surface area contributed by atoms with Crippen molar-refractivity contribution in [2.45, 2.75) is 0 Å². The van der Waals surface area contributed by atoms with Gasteiger partial charge in [0.2, 0.25) is 5.12 Å². The molecule has 0 aromatic heterocycles. The number of hydrogen-bond acceptors (Lipinski definition) is 2. The monoisotopic (exact) mass is 244 g/mol. The molecule has 0 aliphatic carbocycles. The van der Waals surface area contributed by atoms with E-state index >= 15 is 0 Å². The van der Waals surface area contributed by atoms with Gasteiger partial charge in [-0.15, -0.1) is 11.2 Å². The van der Waals surface area contributed by atoms with E-state index in [1.165, 1.54) is 16.8 Å². The van der Waals surface area contributed by atoms with E-state index in [2.05, 4.69) is 12.1 Å². The minimum atomic E-state index is 0.172. The van der Waals surface area contributed by atoms with Crippen LogP contribution in [-0.2, 0) is 0 Å². The molecule has 2 aromatic carbocycles. The third kappa shape index (κ3) is 2.43. The Morgan fingerprint density at radius 2 is 1.44 bits per heavy atom. The summed E-state index contributed by atoms with van der Waals surface area (Å²) < 4.78 is 0. The van der Waals surface area contributed by atoms with Crippen molar-refractivity contribution < 1.29 is 4.79 Å². The van der Waals surface area contributed by atoms with Gasteiger partial charge in [0.25, 0.3) is 0 Å². The van der Waals surface area contributed by atoms with Crippen LogP contribution in [-0.4, -0.2) is 14.5 Å². The normalized spacial score (nSPS) is 10.2. The van der Waals surface area contributed by atoms with Gasteiger partial charge >= 0.3 is 0 Å². The fourth-order valence-corrected chi connectivity index (χ4v) is 2.63. The Kier molecular flexibility index (Phi) is 3.59. The van der Waals surface area contributed by atoms with Crippen LogP contribution in [0.4, 0.5) is 0 Å². The second-order valence-electron chi connectivity index (χ2n) is 3.43. The number of benzene rings is 2. The molecule has 0 atom stereocenters. The summed E-state index contributed by atoms with van der Waals surface area (Å²) in [6.07, 6.45) is 0. The highest BCUT2D eigenvalue weighted by Gasteiger charge is 2.03. The Balaban J connectivity index is 2.30. The number of hydrogen-bond donors (Lipinski definition) is 0. The lowest BCUT2D eigenvalue weighted by Gasteiger charge is -2.02. The lowest BCUT2D eigenvalue weighted by atomic mass is 10.0. The lowest BCUT2D eigenvalue weighted by molar-refractivity contribution is 0.109. The average Bonchev–Trinajstić information content (AvgIpc) is 2.39. The second kappa shape index (κ2) is 5.14. The van der Waals surface area contributed by atoms with Gasteiger partial charge in [-0.2, -0.15) is 0 Å². The largest absolute Gasteiger partial charge is 0.282 e. The molecule has 0 aliphatic rings. The first-order chi connectivity index (χ1) is 7.81. The van der Waals surface area contributed by atoms with Crippen LogP contribution in [0.25, 0.3) is 11.1 Å². The standard InChI is InChI=1S/C13H12OSSi/c14-13(15-16)12-8-6-11(7-9-12)10-4-2-1-3-5-10/h1-9H,16H3. The van der Waals surface area contributed by atoms with E-state index in [-0.39, 0.29) is 5.12 Å². The number of rotatable bonds is 2. The highest BCUT2D eigenvalue weighted by atomic mass is 32.4. The van der Waals surface area contributed by atoms with Crippen molar-refractivity contribution in [3.63, 3.8) is 0 Å². The van der Waals surface area contributed by atoms with Crippen molar-refractivity contribution in [3.05, 3.63) is 60.2 Å². The second-order valence-corrected chi connectivity index (χ2v) is 5.44. The minimum absolute atomic E-state index is 0.172. The first-order valence-corrected chi connectivity index (χ1v) is 8.72. The van der Waals surface area contributed by atoms with Crippen LogP contribution < -0.4 is 0 Å². The molecule has 0 N–H and O–H groups in total. The van der Waals surface area contributed by atoms with Gasteiger partial charge in [0, 0.05) is 5.56 Å².